The minimum absolute atomic E-state index is 0.163. The normalized spacial score (nSPS) is 10.3. The number of hydrogen-bond donors (Lipinski definition) is 2. The van der Waals surface area contributed by atoms with E-state index < -0.39 is 7.12 Å². The van der Waals surface area contributed by atoms with Gasteiger partial charge in [0.1, 0.15) is 5.52 Å². The molecule has 2 aromatic heterocycles. The van der Waals surface area contributed by atoms with Gasteiger partial charge in [-0.1, -0.05) is 0 Å². The molecule has 7 heteroatoms. The zero-order chi connectivity index (χ0) is 10.8. The smallest absolute Gasteiger partial charge is 0.467 e. The second-order valence-corrected chi connectivity index (χ2v) is 2.87. The van der Waals surface area contributed by atoms with Crippen molar-refractivity contribution < 1.29 is 14.8 Å². The van der Waals surface area contributed by atoms with Crippen LogP contribution in [0, 0.1) is 0 Å². The van der Waals surface area contributed by atoms with Crippen molar-refractivity contribution >= 4 is 23.7 Å². The fraction of sp³-hybridized carbons (Fsp3) is 0.125. The second-order valence-electron chi connectivity index (χ2n) is 2.87. The summed E-state index contributed by atoms with van der Waals surface area (Å²) in [6, 6.07) is 3.36. The molecule has 2 heterocycles. The second kappa shape index (κ2) is 3.80. The van der Waals surface area contributed by atoms with Gasteiger partial charge in [-0.3, -0.25) is 4.98 Å². The zero-order valence-electron chi connectivity index (χ0n) is 7.95. The predicted octanol–water partition coefficient (Wildman–Crippen LogP) is -1.29. The molecule has 2 N–H and O–H groups in total. The van der Waals surface area contributed by atoms with Crippen molar-refractivity contribution in [3.63, 3.8) is 0 Å². The Balaban J connectivity index is 2.55. The van der Waals surface area contributed by atoms with Gasteiger partial charge in [0.25, 0.3) is 0 Å². The van der Waals surface area contributed by atoms with Crippen LogP contribution in [0.4, 0.5) is 0 Å². The van der Waals surface area contributed by atoms with Crippen LogP contribution in [0.2, 0.25) is 0 Å². The summed E-state index contributed by atoms with van der Waals surface area (Å²) in [6.45, 7) is 0. The van der Waals surface area contributed by atoms with Crippen molar-refractivity contribution in [2.75, 3.05) is 7.11 Å². The maximum absolute atomic E-state index is 8.91. The first-order chi connectivity index (χ1) is 7.20. The summed E-state index contributed by atoms with van der Waals surface area (Å²) in [7, 11) is -0.114. The van der Waals surface area contributed by atoms with Crippen molar-refractivity contribution in [3.8, 4) is 6.01 Å². The van der Waals surface area contributed by atoms with Gasteiger partial charge in [-0.05, 0) is 12.1 Å². The van der Waals surface area contributed by atoms with Crippen molar-refractivity contribution in [2.45, 2.75) is 0 Å². The maximum Gasteiger partial charge on any atom is 0.508 e. The quantitative estimate of drug-likeness (QED) is 0.593. The molecule has 0 saturated heterocycles. The highest BCUT2D eigenvalue weighted by Gasteiger charge is 2.13. The minimum atomic E-state index is -1.59. The highest BCUT2D eigenvalue weighted by atomic mass is 16.5. The summed E-state index contributed by atoms with van der Waals surface area (Å²) in [4.78, 5) is 11.9. The van der Waals surface area contributed by atoms with Crippen LogP contribution in [-0.4, -0.2) is 39.2 Å². The predicted molar refractivity (Wildman–Crippen MR) is 53.7 cm³/mol. The van der Waals surface area contributed by atoms with E-state index in [1.54, 1.807) is 6.07 Å². The molecule has 6 nitrogen and oxygen atoms in total. The molecule has 0 unspecified atom stereocenters. The van der Waals surface area contributed by atoms with E-state index in [0.717, 1.165) is 0 Å². The number of fused-ring (bicyclic) bond motifs is 1. The first-order valence-corrected chi connectivity index (χ1v) is 4.24. The lowest BCUT2D eigenvalue weighted by Gasteiger charge is -2.02. The van der Waals surface area contributed by atoms with E-state index in [0.29, 0.717) is 11.0 Å². The lowest BCUT2D eigenvalue weighted by atomic mass is 9.85. The molecule has 0 bridgehead atoms. The van der Waals surface area contributed by atoms with Crippen LogP contribution in [0.3, 0.4) is 0 Å². The van der Waals surface area contributed by atoms with E-state index in [1.165, 1.54) is 19.4 Å². The lowest BCUT2D eigenvalue weighted by molar-refractivity contribution is 0.381. The van der Waals surface area contributed by atoms with E-state index >= 15 is 0 Å². The Morgan fingerprint density at radius 3 is 2.67 bits per heavy atom. The molecule has 0 aliphatic carbocycles. The van der Waals surface area contributed by atoms with E-state index in [4.69, 9.17) is 14.8 Å². The van der Waals surface area contributed by atoms with Crippen molar-refractivity contribution in [1.29, 1.82) is 0 Å². The molecule has 0 amide bonds. The van der Waals surface area contributed by atoms with Gasteiger partial charge in [0, 0.05) is 0 Å². The van der Waals surface area contributed by atoms with E-state index in [-0.39, 0.29) is 11.6 Å². The summed E-state index contributed by atoms with van der Waals surface area (Å²) in [6.07, 6.45) is 1.47. The summed E-state index contributed by atoms with van der Waals surface area (Å²) >= 11 is 0. The van der Waals surface area contributed by atoms with Crippen LogP contribution in [0.15, 0.2) is 18.3 Å². The Labute approximate surface area is 85.7 Å². The Morgan fingerprint density at radius 1 is 1.20 bits per heavy atom. The third-order valence-corrected chi connectivity index (χ3v) is 1.88. The summed E-state index contributed by atoms with van der Waals surface area (Å²) in [5.74, 6) is 0. The molecule has 0 atom stereocenters. The van der Waals surface area contributed by atoms with Crippen LogP contribution in [0.5, 0.6) is 6.01 Å². The molecule has 0 aliphatic heterocycles. The average molecular weight is 205 g/mol. The number of aromatic nitrogens is 3. The Hall–Kier alpha value is -1.73. The number of hydrogen-bond acceptors (Lipinski definition) is 6. The van der Waals surface area contributed by atoms with Gasteiger partial charge in [0.2, 0.25) is 0 Å². The maximum atomic E-state index is 8.91. The summed E-state index contributed by atoms with van der Waals surface area (Å²) in [5.41, 5.74) is 1.24. The third kappa shape index (κ3) is 1.88. The standard InChI is InChI=1S/C8H8BN3O3/c1-15-8-10-4-6-5(12-8)2-3-7(11-6)9(13)14/h2-4,13-14H,1H3. The molecule has 0 fully saturated rings. The van der Waals surface area contributed by atoms with Crippen molar-refractivity contribution in [1.82, 2.24) is 15.0 Å². The summed E-state index contributed by atoms with van der Waals surface area (Å²) in [5, 5.41) is 17.8. The molecule has 76 valence electrons. The number of nitrogens with zero attached hydrogens (tertiary/aromatic N) is 3. The van der Waals surface area contributed by atoms with Gasteiger partial charge in [0.05, 0.1) is 24.4 Å². The molecule has 15 heavy (non-hydrogen) atoms. The van der Waals surface area contributed by atoms with E-state index in [2.05, 4.69) is 15.0 Å². The molecule has 2 rings (SSSR count). The topological polar surface area (TPSA) is 88.4 Å². The van der Waals surface area contributed by atoms with Crippen LogP contribution >= 0.6 is 0 Å². The van der Waals surface area contributed by atoms with E-state index in [1.807, 2.05) is 0 Å². The Bertz CT molecular complexity index is 492. The summed E-state index contributed by atoms with van der Waals surface area (Å²) < 4.78 is 4.85. The highest BCUT2D eigenvalue weighted by Crippen LogP contribution is 2.09. The monoisotopic (exact) mass is 205 g/mol. The third-order valence-electron chi connectivity index (χ3n) is 1.88. The highest BCUT2D eigenvalue weighted by molar-refractivity contribution is 6.57. The SMILES string of the molecule is COc1ncc2nc(B(O)O)ccc2n1. The molecule has 0 aromatic carbocycles. The van der Waals surface area contributed by atoms with Crippen molar-refractivity contribution in [3.05, 3.63) is 18.3 Å². The molecule has 2 aromatic rings. The first kappa shape index (κ1) is 9.82. The van der Waals surface area contributed by atoms with Crippen LogP contribution in [0.1, 0.15) is 0 Å². The minimum Gasteiger partial charge on any atom is -0.467 e. The number of ether oxygens (including phenoxy) is 1. The lowest BCUT2D eigenvalue weighted by Crippen LogP contribution is -2.32. The molecular formula is C8H8BN3O3. The first-order valence-electron chi connectivity index (χ1n) is 4.24. The van der Waals surface area contributed by atoms with Gasteiger partial charge in [-0.15, -0.1) is 0 Å². The zero-order valence-corrected chi connectivity index (χ0v) is 7.95. The van der Waals surface area contributed by atoms with Gasteiger partial charge >= 0.3 is 13.1 Å². The fourth-order valence-electron chi connectivity index (χ4n) is 1.16. The number of pyridine rings is 1. The van der Waals surface area contributed by atoms with Gasteiger partial charge in [-0.25, -0.2) is 4.98 Å². The molecular weight excluding hydrogens is 197 g/mol. The molecule has 0 radical (unpaired) electrons. The van der Waals surface area contributed by atoms with Crippen LogP contribution in [0.25, 0.3) is 11.0 Å². The largest absolute Gasteiger partial charge is 0.508 e. The van der Waals surface area contributed by atoms with Gasteiger partial charge in [0.15, 0.2) is 0 Å². The Morgan fingerprint density at radius 2 is 2.00 bits per heavy atom. The van der Waals surface area contributed by atoms with E-state index in [9.17, 15) is 0 Å². The number of rotatable bonds is 2. The molecule has 0 spiro atoms. The van der Waals surface area contributed by atoms with Gasteiger partial charge < -0.3 is 14.8 Å². The Kier molecular flexibility index (Phi) is 2.48. The van der Waals surface area contributed by atoms with Crippen LogP contribution < -0.4 is 10.3 Å². The van der Waals surface area contributed by atoms with Crippen LogP contribution in [-0.2, 0) is 0 Å². The number of methoxy groups -OCH3 is 1. The fourth-order valence-corrected chi connectivity index (χ4v) is 1.16. The van der Waals surface area contributed by atoms with Gasteiger partial charge in [-0.2, -0.15) is 4.98 Å². The average Bonchev–Trinajstić information content (AvgIpc) is 2.27. The van der Waals surface area contributed by atoms with Crippen molar-refractivity contribution in [2.24, 2.45) is 0 Å². The molecule has 0 saturated carbocycles. The molecule has 0 aliphatic rings.